The normalized spacial score (nSPS) is 16.9. The van der Waals surface area contributed by atoms with Gasteiger partial charge < -0.3 is 10.7 Å². The minimum atomic E-state index is -0.0152. The molecular formula is C11H15N3O. The molecule has 4 N–H and O–H groups in total. The fourth-order valence-electron chi connectivity index (χ4n) is 1.38. The fraction of sp³-hybridized carbons (Fsp3) is 0.364. The summed E-state index contributed by atoms with van der Waals surface area (Å²) in [6.45, 7) is 2.06. The predicted molar refractivity (Wildman–Crippen MR) is 59.4 cm³/mol. The van der Waals surface area contributed by atoms with Gasteiger partial charge in [-0.15, -0.1) is 0 Å². The number of rotatable bonds is 3. The summed E-state index contributed by atoms with van der Waals surface area (Å²) in [7, 11) is 0. The molecule has 0 radical (unpaired) electrons. The lowest BCUT2D eigenvalue weighted by Crippen LogP contribution is -2.34. The number of anilines is 1. The van der Waals surface area contributed by atoms with E-state index in [9.17, 15) is 4.79 Å². The highest BCUT2D eigenvalue weighted by atomic mass is 16.1. The van der Waals surface area contributed by atoms with E-state index in [1.54, 1.807) is 24.3 Å². The Balaban J connectivity index is 2.05. The van der Waals surface area contributed by atoms with Crippen LogP contribution in [0, 0.1) is 0 Å². The molecule has 0 saturated heterocycles. The lowest BCUT2D eigenvalue weighted by Gasteiger charge is -2.11. The molecule has 15 heavy (non-hydrogen) atoms. The highest BCUT2D eigenvalue weighted by Crippen LogP contribution is 2.34. The van der Waals surface area contributed by atoms with E-state index in [1.807, 2.05) is 0 Å². The maximum atomic E-state index is 11.7. The third-order valence-electron chi connectivity index (χ3n) is 2.73. The van der Waals surface area contributed by atoms with Crippen LogP contribution < -0.4 is 16.6 Å². The molecule has 1 fully saturated rings. The number of nitrogens with one attached hydrogen (secondary N) is 2. The van der Waals surface area contributed by atoms with Crippen molar-refractivity contribution >= 4 is 11.6 Å². The largest absolute Gasteiger partial charge is 0.347 e. The Morgan fingerprint density at radius 1 is 1.33 bits per heavy atom. The topological polar surface area (TPSA) is 67.2 Å². The highest BCUT2D eigenvalue weighted by molar-refractivity contribution is 5.95. The average molecular weight is 205 g/mol. The van der Waals surface area contributed by atoms with Crippen molar-refractivity contribution in [3.05, 3.63) is 29.8 Å². The first kappa shape index (κ1) is 9.98. The molecule has 1 aromatic carbocycles. The van der Waals surface area contributed by atoms with Crippen molar-refractivity contribution in [1.82, 2.24) is 5.32 Å². The van der Waals surface area contributed by atoms with Crippen molar-refractivity contribution in [3.8, 4) is 0 Å². The van der Waals surface area contributed by atoms with Gasteiger partial charge in [0.1, 0.15) is 0 Å². The summed E-state index contributed by atoms with van der Waals surface area (Å²) in [5.41, 5.74) is 4.02. The molecule has 0 bridgehead atoms. The summed E-state index contributed by atoms with van der Waals surface area (Å²) < 4.78 is 0. The Kier molecular flexibility index (Phi) is 2.36. The number of nitrogens with two attached hydrogens (primary N) is 1. The SMILES string of the molecule is CC1(NC(=O)c2ccc(NN)cc2)CC1. The third kappa shape index (κ3) is 2.27. The van der Waals surface area contributed by atoms with E-state index >= 15 is 0 Å². The second kappa shape index (κ2) is 3.55. The van der Waals surface area contributed by atoms with E-state index in [4.69, 9.17) is 5.84 Å². The molecule has 2 rings (SSSR count). The minimum absolute atomic E-state index is 0.0152. The van der Waals surface area contributed by atoms with Gasteiger partial charge in [0.15, 0.2) is 0 Å². The van der Waals surface area contributed by atoms with Crippen LogP contribution in [0.1, 0.15) is 30.1 Å². The lowest BCUT2D eigenvalue weighted by molar-refractivity contribution is 0.0935. The number of carbonyl (C=O) groups is 1. The summed E-state index contributed by atoms with van der Waals surface area (Å²) in [6, 6.07) is 7.08. The number of benzene rings is 1. The minimum Gasteiger partial charge on any atom is -0.347 e. The molecule has 0 aromatic heterocycles. The van der Waals surface area contributed by atoms with Gasteiger partial charge in [0.05, 0.1) is 0 Å². The van der Waals surface area contributed by atoms with Crippen molar-refractivity contribution in [3.63, 3.8) is 0 Å². The molecule has 4 nitrogen and oxygen atoms in total. The second-order valence-electron chi connectivity index (χ2n) is 4.24. The Bertz CT molecular complexity index is 368. The standard InChI is InChI=1S/C11H15N3O/c1-11(6-7-11)13-10(15)8-2-4-9(14-12)5-3-8/h2-5,14H,6-7,12H2,1H3,(H,13,15). The fourth-order valence-corrected chi connectivity index (χ4v) is 1.38. The van der Waals surface area contributed by atoms with Crippen molar-refractivity contribution in [2.24, 2.45) is 5.84 Å². The van der Waals surface area contributed by atoms with Gasteiger partial charge in [-0.2, -0.15) is 0 Å². The number of hydrogen-bond donors (Lipinski definition) is 3. The number of carbonyl (C=O) groups excluding carboxylic acids is 1. The number of hydrogen-bond acceptors (Lipinski definition) is 3. The predicted octanol–water partition coefficient (Wildman–Crippen LogP) is 1.25. The second-order valence-corrected chi connectivity index (χ2v) is 4.24. The molecular weight excluding hydrogens is 190 g/mol. The van der Waals surface area contributed by atoms with E-state index in [1.165, 1.54) is 0 Å². The van der Waals surface area contributed by atoms with E-state index < -0.39 is 0 Å². The van der Waals surface area contributed by atoms with E-state index in [2.05, 4.69) is 17.7 Å². The van der Waals surface area contributed by atoms with E-state index in [0.717, 1.165) is 18.5 Å². The third-order valence-corrected chi connectivity index (χ3v) is 2.73. The lowest BCUT2D eigenvalue weighted by atomic mass is 10.2. The van der Waals surface area contributed by atoms with Crippen LogP contribution in [0.25, 0.3) is 0 Å². The zero-order valence-corrected chi connectivity index (χ0v) is 8.71. The molecule has 0 unspecified atom stereocenters. The Morgan fingerprint density at radius 2 is 1.93 bits per heavy atom. The van der Waals surface area contributed by atoms with Gasteiger partial charge in [-0.25, -0.2) is 0 Å². The first-order chi connectivity index (χ1) is 7.13. The van der Waals surface area contributed by atoms with Gasteiger partial charge in [-0.3, -0.25) is 10.6 Å². The van der Waals surface area contributed by atoms with Crippen molar-refractivity contribution in [2.45, 2.75) is 25.3 Å². The first-order valence-corrected chi connectivity index (χ1v) is 5.02. The molecule has 0 spiro atoms. The number of amides is 1. The van der Waals surface area contributed by atoms with Crippen LogP contribution in [0.3, 0.4) is 0 Å². The van der Waals surface area contributed by atoms with Gasteiger partial charge in [0, 0.05) is 16.8 Å². The van der Waals surface area contributed by atoms with Crippen molar-refractivity contribution in [1.29, 1.82) is 0 Å². The summed E-state index contributed by atoms with van der Waals surface area (Å²) in [5.74, 6) is 5.22. The Hall–Kier alpha value is -1.55. The molecule has 1 saturated carbocycles. The zero-order valence-electron chi connectivity index (χ0n) is 8.71. The van der Waals surface area contributed by atoms with Gasteiger partial charge in [0.25, 0.3) is 5.91 Å². The molecule has 1 aliphatic rings. The van der Waals surface area contributed by atoms with Gasteiger partial charge in [0.2, 0.25) is 0 Å². The molecule has 80 valence electrons. The molecule has 4 heteroatoms. The molecule has 1 aliphatic carbocycles. The number of hydrazine groups is 1. The van der Waals surface area contributed by atoms with Crippen LogP contribution >= 0.6 is 0 Å². The Morgan fingerprint density at radius 3 is 2.40 bits per heavy atom. The van der Waals surface area contributed by atoms with Crippen molar-refractivity contribution < 1.29 is 4.79 Å². The summed E-state index contributed by atoms with van der Waals surface area (Å²) in [5, 5.41) is 2.99. The number of nitrogen functional groups attached to an aromatic ring is 1. The monoisotopic (exact) mass is 205 g/mol. The summed E-state index contributed by atoms with van der Waals surface area (Å²) >= 11 is 0. The Labute approximate surface area is 88.8 Å². The van der Waals surface area contributed by atoms with E-state index in [-0.39, 0.29) is 11.4 Å². The van der Waals surface area contributed by atoms with Crippen LogP contribution in [0.4, 0.5) is 5.69 Å². The highest BCUT2D eigenvalue weighted by Gasteiger charge is 2.38. The molecule has 0 atom stereocenters. The zero-order chi connectivity index (χ0) is 10.9. The summed E-state index contributed by atoms with van der Waals surface area (Å²) in [6.07, 6.45) is 2.14. The van der Waals surface area contributed by atoms with Crippen LogP contribution in [0.5, 0.6) is 0 Å². The van der Waals surface area contributed by atoms with Crippen LogP contribution in [0.15, 0.2) is 24.3 Å². The van der Waals surface area contributed by atoms with Crippen LogP contribution in [0.2, 0.25) is 0 Å². The molecule has 1 amide bonds. The van der Waals surface area contributed by atoms with Crippen LogP contribution in [-0.2, 0) is 0 Å². The van der Waals surface area contributed by atoms with Crippen molar-refractivity contribution in [2.75, 3.05) is 5.43 Å². The van der Waals surface area contributed by atoms with Gasteiger partial charge in [-0.05, 0) is 44.0 Å². The average Bonchev–Trinajstić information content (AvgIpc) is 2.96. The molecule has 0 aliphatic heterocycles. The summed E-state index contributed by atoms with van der Waals surface area (Å²) in [4.78, 5) is 11.7. The maximum Gasteiger partial charge on any atom is 0.251 e. The van der Waals surface area contributed by atoms with Gasteiger partial charge in [-0.1, -0.05) is 0 Å². The van der Waals surface area contributed by atoms with E-state index in [0.29, 0.717) is 5.56 Å². The molecule has 1 aromatic rings. The van der Waals surface area contributed by atoms with Gasteiger partial charge >= 0.3 is 0 Å². The molecule has 0 heterocycles. The van der Waals surface area contributed by atoms with Crippen LogP contribution in [-0.4, -0.2) is 11.4 Å². The maximum absolute atomic E-state index is 11.7. The smallest absolute Gasteiger partial charge is 0.251 e. The first-order valence-electron chi connectivity index (χ1n) is 5.02. The quantitative estimate of drug-likeness (QED) is 0.514.